The SMILES string of the molecule is CCn1c(-c2ccc(C(=O)N3CC3)cc2)c(N)c2ccc(OC)cc21. The number of aryl methyl sites for hydroxylation is 1. The number of nitrogens with zero attached hydrogens (tertiary/aromatic N) is 2. The average molecular weight is 335 g/mol. The summed E-state index contributed by atoms with van der Waals surface area (Å²) in [7, 11) is 1.66. The predicted octanol–water partition coefficient (Wildman–Crippen LogP) is 3.37. The Morgan fingerprint density at radius 3 is 2.48 bits per heavy atom. The molecule has 0 radical (unpaired) electrons. The first-order valence-corrected chi connectivity index (χ1v) is 8.49. The molecule has 2 aromatic carbocycles. The highest BCUT2D eigenvalue weighted by molar-refractivity contribution is 6.02. The second-order valence-electron chi connectivity index (χ2n) is 6.26. The maximum atomic E-state index is 12.1. The lowest BCUT2D eigenvalue weighted by atomic mass is 10.1. The smallest absolute Gasteiger partial charge is 0.253 e. The molecule has 2 N–H and O–H groups in total. The standard InChI is InChI=1S/C20H21N3O2/c1-3-23-17-12-15(25-2)8-9-16(17)18(21)19(23)13-4-6-14(7-5-13)20(24)22-10-11-22/h4-9,12H,3,10-11,21H2,1-2H3. The fourth-order valence-corrected chi connectivity index (χ4v) is 3.33. The molecule has 128 valence electrons. The van der Waals surface area contributed by atoms with Crippen molar-refractivity contribution in [1.29, 1.82) is 0 Å². The Balaban J connectivity index is 1.82. The number of nitrogens with two attached hydrogens (primary N) is 1. The number of benzene rings is 2. The molecule has 0 unspecified atom stereocenters. The van der Waals surface area contributed by atoms with E-state index in [1.165, 1.54) is 0 Å². The predicted molar refractivity (Wildman–Crippen MR) is 99.9 cm³/mol. The van der Waals surface area contributed by atoms with Gasteiger partial charge in [0.2, 0.25) is 0 Å². The third-order valence-electron chi connectivity index (χ3n) is 4.77. The molecule has 1 amide bonds. The van der Waals surface area contributed by atoms with E-state index in [1.54, 1.807) is 7.11 Å². The minimum absolute atomic E-state index is 0.0975. The van der Waals surface area contributed by atoms with Crippen LogP contribution in [0.15, 0.2) is 42.5 Å². The van der Waals surface area contributed by atoms with Crippen LogP contribution in [0.25, 0.3) is 22.2 Å². The number of fused-ring (bicyclic) bond motifs is 1. The van der Waals surface area contributed by atoms with Gasteiger partial charge in [0.1, 0.15) is 5.75 Å². The Kier molecular flexibility index (Phi) is 3.64. The van der Waals surface area contributed by atoms with Gasteiger partial charge in [-0.15, -0.1) is 0 Å². The summed E-state index contributed by atoms with van der Waals surface area (Å²) >= 11 is 0. The summed E-state index contributed by atoms with van der Waals surface area (Å²) in [5, 5.41) is 1.02. The van der Waals surface area contributed by atoms with Crippen LogP contribution in [-0.4, -0.2) is 35.6 Å². The van der Waals surface area contributed by atoms with E-state index in [4.69, 9.17) is 10.5 Å². The van der Waals surface area contributed by atoms with Gasteiger partial charge in [-0.1, -0.05) is 12.1 Å². The number of nitrogen functional groups attached to an aromatic ring is 1. The Bertz CT molecular complexity index is 953. The van der Waals surface area contributed by atoms with Crippen LogP contribution in [0, 0.1) is 0 Å². The van der Waals surface area contributed by atoms with Gasteiger partial charge in [-0.3, -0.25) is 4.79 Å². The van der Waals surface area contributed by atoms with Crippen LogP contribution < -0.4 is 10.5 Å². The fraction of sp³-hybridized carbons (Fsp3) is 0.250. The van der Waals surface area contributed by atoms with E-state index in [-0.39, 0.29) is 5.91 Å². The first-order chi connectivity index (χ1) is 12.1. The molecule has 0 spiro atoms. The fourth-order valence-electron chi connectivity index (χ4n) is 3.33. The van der Waals surface area contributed by atoms with E-state index in [1.807, 2.05) is 47.4 Å². The maximum Gasteiger partial charge on any atom is 0.253 e. The van der Waals surface area contributed by atoms with E-state index < -0.39 is 0 Å². The molecule has 3 aromatic rings. The van der Waals surface area contributed by atoms with Crippen LogP contribution in [-0.2, 0) is 6.54 Å². The molecule has 0 saturated carbocycles. The number of amides is 1. The van der Waals surface area contributed by atoms with Gasteiger partial charge in [0.05, 0.1) is 24.0 Å². The third-order valence-corrected chi connectivity index (χ3v) is 4.77. The van der Waals surface area contributed by atoms with Crippen LogP contribution >= 0.6 is 0 Å². The molecule has 2 heterocycles. The lowest BCUT2D eigenvalue weighted by Crippen LogP contribution is -2.10. The minimum Gasteiger partial charge on any atom is -0.497 e. The molecule has 1 aliphatic heterocycles. The normalized spacial score (nSPS) is 13.3. The number of methoxy groups -OCH3 is 1. The van der Waals surface area contributed by atoms with E-state index in [0.717, 1.165) is 58.8 Å². The monoisotopic (exact) mass is 335 g/mol. The number of ether oxygens (including phenoxy) is 1. The van der Waals surface area contributed by atoms with Crippen molar-refractivity contribution in [3.63, 3.8) is 0 Å². The highest BCUT2D eigenvalue weighted by atomic mass is 16.5. The van der Waals surface area contributed by atoms with Crippen molar-refractivity contribution in [3.8, 4) is 17.0 Å². The molecule has 1 aromatic heterocycles. The van der Waals surface area contributed by atoms with Crippen LogP contribution in [0.3, 0.4) is 0 Å². The second-order valence-corrected chi connectivity index (χ2v) is 6.26. The number of carbonyl (C=O) groups excluding carboxylic acids is 1. The number of aromatic nitrogens is 1. The summed E-state index contributed by atoms with van der Waals surface area (Å²) in [6, 6.07) is 13.7. The van der Waals surface area contributed by atoms with Crippen molar-refractivity contribution in [2.75, 3.05) is 25.9 Å². The largest absolute Gasteiger partial charge is 0.497 e. The number of hydrogen-bond donors (Lipinski definition) is 1. The van der Waals surface area contributed by atoms with Crippen molar-refractivity contribution >= 4 is 22.5 Å². The zero-order chi connectivity index (χ0) is 17.6. The lowest BCUT2D eigenvalue weighted by Gasteiger charge is -2.10. The molecule has 0 bridgehead atoms. The Hall–Kier alpha value is -2.95. The quantitative estimate of drug-likeness (QED) is 0.744. The third kappa shape index (κ3) is 2.52. The molecule has 1 aliphatic rings. The minimum atomic E-state index is 0.0975. The van der Waals surface area contributed by atoms with Gasteiger partial charge in [-0.05, 0) is 31.2 Å². The number of rotatable bonds is 4. The summed E-state index contributed by atoms with van der Waals surface area (Å²) in [6.45, 7) is 4.61. The van der Waals surface area contributed by atoms with Crippen LogP contribution in [0.4, 0.5) is 5.69 Å². The van der Waals surface area contributed by atoms with E-state index in [2.05, 4.69) is 11.5 Å². The van der Waals surface area contributed by atoms with Gasteiger partial charge in [0.15, 0.2) is 0 Å². The molecule has 0 atom stereocenters. The average Bonchev–Trinajstić information content (AvgIpc) is 3.46. The summed E-state index contributed by atoms with van der Waals surface area (Å²) in [5.41, 5.74) is 11.0. The highest BCUT2D eigenvalue weighted by Gasteiger charge is 2.25. The summed E-state index contributed by atoms with van der Waals surface area (Å²) in [4.78, 5) is 14.0. The number of anilines is 1. The summed E-state index contributed by atoms with van der Waals surface area (Å²) in [6.07, 6.45) is 0. The van der Waals surface area contributed by atoms with Gasteiger partial charge < -0.3 is 19.9 Å². The van der Waals surface area contributed by atoms with E-state index in [9.17, 15) is 4.79 Å². The van der Waals surface area contributed by atoms with Crippen LogP contribution in [0.5, 0.6) is 5.75 Å². The van der Waals surface area contributed by atoms with Crippen molar-refractivity contribution in [2.45, 2.75) is 13.5 Å². The Labute approximate surface area is 146 Å². The van der Waals surface area contributed by atoms with E-state index in [0.29, 0.717) is 0 Å². The maximum absolute atomic E-state index is 12.1. The van der Waals surface area contributed by atoms with Crippen molar-refractivity contribution in [2.24, 2.45) is 0 Å². The molecule has 4 rings (SSSR count). The lowest BCUT2D eigenvalue weighted by molar-refractivity contribution is 0.0885. The highest BCUT2D eigenvalue weighted by Crippen LogP contribution is 2.37. The zero-order valence-corrected chi connectivity index (χ0v) is 14.5. The Morgan fingerprint density at radius 1 is 1.16 bits per heavy atom. The van der Waals surface area contributed by atoms with Gasteiger partial charge in [0.25, 0.3) is 5.91 Å². The summed E-state index contributed by atoms with van der Waals surface area (Å²) < 4.78 is 7.54. The second kappa shape index (κ2) is 5.84. The van der Waals surface area contributed by atoms with Crippen LogP contribution in [0.2, 0.25) is 0 Å². The first-order valence-electron chi connectivity index (χ1n) is 8.49. The Morgan fingerprint density at radius 2 is 1.88 bits per heavy atom. The van der Waals surface area contributed by atoms with E-state index >= 15 is 0 Å². The van der Waals surface area contributed by atoms with Gasteiger partial charge >= 0.3 is 0 Å². The summed E-state index contributed by atoms with van der Waals surface area (Å²) in [5.74, 6) is 0.908. The topological polar surface area (TPSA) is 60.3 Å². The van der Waals surface area contributed by atoms with Gasteiger partial charge in [-0.25, -0.2) is 0 Å². The molecule has 0 aliphatic carbocycles. The van der Waals surface area contributed by atoms with Crippen molar-refractivity contribution in [1.82, 2.24) is 9.47 Å². The molecule has 1 fully saturated rings. The molecular weight excluding hydrogens is 314 g/mol. The molecule has 25 heavy (non-hydrogen) atoms. The number of carbonyl (C=O) groups is 1. The van der Waals surface area contributed by atoms with Crippen LogP contribution in [0.1, 0.15) is 17.3 Å². The van der Waals surface area contributed by atoms with Gasteiger partial charge in [-0.2, -0.15) is 0 Å². The zero-order valence-electron chi connectivity index (χ0n) is 14.5. The van der Waals surface area contributed by atoms with Crippen molar-refractivity contribution in [3.05, 3.63) is 48.0 Å². The van der Waals surface area contributed by atoms with Gasteiger partial charge in [0, 0.05) is 42.2 Å². The number of hydrogen-bond acceptors (Lipinski definition) is 3. The molecule has 5 heteroatoms. The molecule has 5 nitrogen and oxygen atoms in total. The first kappa shape index (κ1) is 15.6. The molecule has 1 saturated heterocycles. The van der Waals surface area contributed by atoms with Crippen molar-refractivity contribution < 1.29 is 9.53 Å². The molecular formula is C20H21N3O2.